The molecule has 0 aliphatic rings. The molecule has 1 heterocycles. The van der Waals surface area contributed by atoms with E-state index in [9.17, 15) is 31.5 Å². The third-order valence-corrected chi connectivity index (χ3v) is 6.44. The fourth-order valence-corrected chi connectivity index (χ4v) is 5.07. The maximum Gasteiger partial charge on any atom is 0.490 e. The van der Waals surface area contributed by atoms with E-state index in [1.54, 1.807) is 26.0 Å². The second-order valence-corrected chi connectivity index (χ2v) is 9.64. The molecular formula is C23H30F3N3O6S. The van der Waals surface area contributed by atoms with E-state index in [4.69, 9.17) is 9.90 Å². The number of rotatable bonds is 9. The Bertz CT molecular complexity index is 1170. The van der Waals surface area contributed by atoms with Crippen molar-refractivity contribution in [2.24, 2.45) is 0 Å². The Kier molecular flexibility index (Phi) is 10.7. The number of anilines is 2. The molecule has 0 aliphatic carbocycles. The van der Waals surface area contributed by atoms with Crippen LogP contribution in [-0.4, -0.2) is 54.8 Å². The summed E-state index contributed by atoms with van der Waals surface area (Å²) in [4.78, 5) is 27.1. The van der Waals surface area contributed by atoms with Gasteiger partial charge < -0.3 is 15.1 Å². The highest BCUT2D eigenvalue weighted by molar-refractivity contribution is 7.92. The number of carbonyl (C=O) groups is 2. The van der Waals surface area contributed by atoms with Crippen molar-refractivity contribution < 1.29 is 41.4 Å². The van der Waals surface area contributed by atoms with Gasteiger partial charge in [0.05, 0.1) is 16.8 Å². The maximum absolute atomic E-state index is 13.0. The van der Waals surface area contributed by atoms with Gasteiger partial charge in [-0.1, -0.05) is 31.5 Å². The minimum absolute atomic E-state index is 0.0237. The van der Waals surface area contributed by atoms with E-state index in [-0.39, 0.29) is 16.1 Å². The Morgan fingerprint density at radius 2 is 1.47 bits per heavy atom. The van der Waals surface area contributed by atoms with Gasteiger partial charge in [0.2, 0.25) is 0 Å². The lowest BCUT2D eigenvalue weighted by Gasteiger charge is -2.24. The first kappa shape index (κ1) is 30.7. The fraction of sp³-hybridized carbons (Fsp3) is 0.435. The Balaban J connectivity index is 0.000000809. The van der Waals surface area contributed by atoms with Crippen LogP contribution in [0.15, 0.2) is 29.3 Å². The summed E-state index contributed by atoms with van der Waals surface area (Å²) in [5.74, 6) is -3.55. The predicted octanol–water partition coefficient (Wildman–Crippen LogP) is 4.77. The van der Waals surface area contributed by atoms with Crippen LogP contribution in [0.5, 0.6) is 0 Å². The number of carboxylic acids is 2. The zero-order chi connectivity index (χ0) is 27.8. The molecule has 2 rings (SSSR count). The Hall–Kier alpha value is -3.35. The summed E-state index contributed by atoms with van der Waals surface area (Å²) in [6.07, 6.45) is -2.02. The number of benzene rings is 1. The molecule has 0 atom stereocenters. The molecule has 0 spiro atoms. The van der Waals surface area contributed by atoms with Crippen molar-refractivity contribution in [3.63, 3.8) is 0 Å². The van der Waals surface area contributed by atoms with E-state index in [2.05, 4.69) is 9.71 Å². The number of alkyl halides is 3. The van der Waals surface area contributed by atoms with Crippen molar-refractivity contribution in [3.8, 4) is 0 Å². The number of carboxylic acid groups (broad SMARTS) is 2. The Morgan fingerprint density at radius 3 is 1.86 bits per heavy atom. The van der Waals surface area contributed by atoms with Crippen molar-refractivity contribution in [3.05, 3.63) is 46.6 Å². The highest BCUT2D eigenvalue weighted by atomic mass is 32.2. The summed E-state index contributed by atoms with van der Waals surface area (Å²) in [6.45, 7) is 10.8. The SMILES string of the molecule is CCCN(CCC)c1ncc(NS(=O)(=O)c2c(C)cc(C)cc2C)cc1C(=O)O.O=C(O)C(F)(F)F. The second kappa shape index (κ2) is 12.6. The van der Waals surface area contributed by atoms with Crippen molar-refractivity contribution in [1.82, 2.24) is 4.98 Å². The van der Waals surface area contributed by atoms with Gasteiger partial charge in [-0.15, -0.1) is 0 Å². The van der Waals surface area contributed by atoms with Gasteiger partial charge in [-0.2, -0.15) is 13.2 Å². The molecule has 0 aliphatic heterocycles. The van der Waals surface area contributed by atoms with Crippen LogP contribution in [0, 0.1) is 20.8 Å². The molecule has 1 aromatic carbocycles. The van der Waals surface area contributed by atoms with Gasteiger partial charge >= 0.3 is 18.1 Å². The smallest absolute Gasteiger partial charge is 0.478 e. The zero-order valence-electron chi connectivity index (χ0n) is 20.6. The lowest BCUT2D eigenvalue weighted by Crippen LogP contribution is -2.28. The first-order valence-corrected chi connectivity index (χ1v) is 12.4. The number of hydrogen-bond acceptors (Lipinski definition) is 6. The van der Waals surface area contributed by atoms with E-state index in [0.29, 0.717) is 30.0 Å². The molecule has 0 radical (unpaired) electrons. The fourth-order valence-electron chi connectivity index (χ4n) is 3.58. The van der Waals surface area contributed by atoms with Gasteiger partial charge in [-0.05, 0) is 50.8 Å². The number of halogens is 3. The number of aromatic carboxylic acids is 1. The van der Waals surface area contributed by atoms with E-state index < -0.39 is 28.1 Å². The number of pyridine rings is 1. The van der Waals surface area contributed by atoms with Crippen LogP contribution < -0.4 is 9.62 Å². The van der Waals surface area contributed by atoms with Crippen LogP contribution in [0.3, 0.4) is 0 Å². The molecule has 0 amide bonds. The molecule has 1 aromatic heterocycles. The standard InChI is InChI=1S/C21H29N3O4S.C2HF3O2/c1-6-8-24(9-7-2)20-18(21(25)26)12-17(13-22-20)23-29(27,28)19-15(4)10-14(3)11-16(19)5;3-2(4,5)1(6)7/h10-13,23H,6-9H2,1-5H3,(H,25,26);(H,6,7). The lowest BCUT2D eigenvalue weighted by atomic mass is 10.1. The minimum atomic E-state index is -5.08. The van der Waals surface area contributed by atoms with Crippen LogP contribution in [0.2, 0.25) is 0 Å². The summed E-state index contributed by atoms with van der Waals surface area (Å²) >= 11 is 0. The van der Waals surface area contributed by atoms with E-state index in [1.807, 2.05) is 25.7 Å². The Labute approximate surface area is 208 Å². The number of aliphatic carboxylic acids is 1. The summed E-state index contributed by atoms with van der Waals surface area (Å²) in [5.41, 5.74) is 2.35. The molecule has 0 saturated carbocycles. The molecule has 0 unspecified atom stereocenters. The first-order valence-electron chi connectivity index (χ1n) is 10.9. The number of nitrogens with one attached hydrogen (secondary N) is 1. The average molecular weight is 534 g/mol. The highest BCUT2D eigenvalue weighted by Gasteiger charge is 2.38. The van der Waals surface area contributed by atoms with Gasteiger partial charge in [0.1, 0.15) is 11.4 Å². The normalized spacial score (nSPS) is 11.3. The van der Waals surface area contributed by atoms with Gasteiger partial charge in [0, 0.05) is 13.1 Å². The zero-order valence-corrected chi connectivity index (χ0v) is 21.4. The summed E-state index contributed by atoms with van der Waals surface area (Å²) < 4.78 is 60.2. The summed E-state index contributed by atoms with van der Waals surface area (Å²) in [5, 5.41) is 16.8. The summed E-state index contributed by atoms with van der Waals surface area (Å²) in [6, 6.07) is 4.94. The molecule has 200 valence electrons. The molecule has 0 fully saturated rings. The largest absolute Gasteiger partial charge is 0.490 e. The van der Waals surface area contributed by atoms with Gasteiger partial charge in [0.15, 0.2) is 0 Å². The van der Waals surface area contributed by atoms with Gasteiger partial charge in [0.25, 0.3) is 10.0 Å². The van der Waals surface area contributed by atoms with Crippen LogP contribution in [-0.2, 0) is 14.8 Å². The predicted molar refractivity (Wildman–Crippen MR) is 129 cm³/mol. The number of hydrogen-bond donors (Lipinski definition) is 3. The van der Waals surface area contributed by atoms with Crippen LogP contribution in [0.25, 0.3) is 0 Å². The van der Waals surface area contributed by atoms with E-state index >= 15 is 0 Å². The molecule has 0 bridgehead atoms. The van der Waals surface area contributed by atoms with Gasteiger partial charge in [-0.3, -0.25) is 4.72 Å². The average Bonchev–Trinajstić information content (AvgIpc) is 2.72. The van der Waals surface area contributed by atoms with Crippen LogP contribution in [0.4, 0.5) is 24.7 Å². The molecule has 36 heavy (non-hydrogen) atoms. The van der Waals surface area contributed by atoms with E-state index in [1.165, 1.54) is 12.3 Å². The summed E-state index contributed by atoms with van der Waals surface area (Å²) in [7, 11) is -3.88. The molecule has 0 saturated heterocycles. The molecular weight excluding hydrogens is 503 g/mol. The maximum atomic E-state index is 13.0. The molecule has 2 aromatic rings. The number of nitrogens with zero attached hydrogens (tertiary/aromatic N) is 2. The van der Waals surface area contributed by atoms with Crippen LogP contribution >= 0.6 is 0 Å². The monoisotopic (exact) mass is 533 g/mol. The lowest BCUT2D eigenvalue weighted by molar-refractivity contribution is -0.192. The highest BCUT2D eigenvalue weighted by Crippen LogP contribution is 2.27. The van der Waals surface area contributed by atoms with Crippen molar-refractivity contribution >= 4 is 33.5 Å². The van der Waals surface area contributed by atoms with Gasteiger partial charge in [-0.25, -0.2) is 23.0 Å². The van der Waals surface area contributed by atoms with Crippen molar-refractivity contribution in [2.75, 3.05) is 22.7 Å². The minimum Gasteiger partial charge on any atom is -0.478 e. The van der Waals surface area contributed by atoms with Crippen molar-refractivity contribution in [2.45, 2.75) is 58.5 Å². The third-order valence-electron chi connectivity index (χ3n) is 4.75. The van der Waals surface area contributed by atoms with E-state index in [0.717, 1.165) is 18.4 Å². The van der Waals surface area contributed by atoms with Crippen LogP contribution in [0.1, 0.15) is 53.7 Å². The third kappa shape index (κ3) is 8.40. The molecule has 9 nitrogen and oxygen atoms in total. The first-order chi connectivity index (χ1) is 16.5. The van der Waals surface area contributed by atoms with Crippen molar-refractivity contribution in [1.29, 1.82) is 0 Å². The Morgan fingerprint density at radius 1 is 1.00 bits per heavy atom. The molecule has 13 heteroatoms. The second-order valence-electron chi connectivity index (χ2n) is 8.02. The number of aromatic nitrogens is 1. The topological polar surface area (TPSA) is 137 Å². The number of aryl methyl sites for hydroxylation is 3. The number of sulfonamides is 1. The quantitative estimate of drug-likeness (QED) is 0.419. The molecule has 3 N–H and O–H groups in total.